The van der Waals surface area contributed by atoms with Crippen molar-refractivity contribution < 1.29 is 14.3 Å². The predicted molar refractivity (Wildman–Crippen MR) is 122 cm³/mol. The highest BCUT2D eigenvalue weighted by molar-refractivity contribution is 6.02. The summed E-state index contributed by atoms with van der Waals surface area (Å²) in [4.78, 5) is 28.0. The van der Waals surface area contributed by atoms with E-state index >= 15 is 0 Å². The average Bonchev–Trinajstić information content (AvgIpc) is 3.05. The molecule has 0 saturated carbocycles. The largest absolute Gasteiger partial charge is 0.461 e. The van der Waals surface area contributed by atoms with Crippen LogP contribution in [0.2, 0.25) is 0 Å². The van der Waals surface area contributed by atoms with Crippen LogP contribution in [-0.2, 0) is 23.0 Å². The number of aromatic nitrogens is 1. The summed E-state index contributed by atoms with van der Waals surface area (Å²) < 4.78 is 7.04. The Bertz CT molecular complexity index is 1170. The van der Waals surface area contributed by atoms with Crippen LogP contribution in [0.15, 0.2) is 48.5 Å². The normalized spacial score (nSPS) is 10.4. The van der Waals surface area contributed by atoms with Gasteiger partial charge in [-0.05, 0) is 30.5 Å². The minimum absolute atomic E-state index is 0.138. The number of rotatable bonds is 6. The zero-order valence-corrected chi connectivity index (χ0v) is 18.2. The number of benzene rings is 2. The molecule has 0 atom stereocenters. The van der Waals surface area contributed by atoms with E-state index in [1.165, 1.54) is 6.92 Å². The number of hydrogen-bond acceptors (Lipinski definition) is 3. The van der Waals surface area contributed by atoms with E-state index in [2.05, 4.69) is 10.2 Å². The maximum Gasteiger partial charge on any atom is 0.354 e. The van der Waals surface area contributed by atoms with Gasteiger partial charge in [0.1, 0.15) is 5.69 Å². The van der Waals surface area contributed by atoms with Gasteiger partial charge in [-0.15, -0.1) is 0 Å². The van der Waals surface area contributed by atoms with Gasteiger partial charge in [-0.2, -0.15) is 0 Å². The smallest absolute Gasteiger partial charge is 0.354 e. The number of para-hydroxylation sites is 1. The molecule has 0 aliphatic heterocycles. The molecule has 2 aromatic carbocycles. The summed E-state index contributed by atoms with van der Waals surface area (Å²) in [6, 6.07) is 15.2. The molecule has 0 bridgehead atoms. The van der Waals surface area contributed by atoms with E-state index in [1.807, 2.05) is 55.5 Å². The van der Waals surface area contributed by atoms with Crippen molar-refractivity contribution in [2.45, 2.75) is 27.2 Å². The van der Waals surface area contributed by atoms with E-state index in [-0.39, 0.29) is 12.5 Å². The number of carbonyl (C=O) groups is 2. The van der Waals surface area contributed by atoms with Gasteiger partial charge in [0.05, 0.1) is 13.2 Å². The Kier molecular flexibility index (Phi) is 6.56. The van der Waals surface area contributed by atoms with Crippen LogP contribution >= 0.6 is 0 Å². The lowest BCUT2D eigenvalue weighted by atomic mass is 9.98. The number of carbonyl (C=O) groups excluding carboxylic acids is 2. The second-order valence-corrected chi connectivity index (χ2v) is 7.07. The van der Waals surface area contributed by atoms with Gasteiger partial charge in [0.15, 0.2) is 0 Å². The Hall–Kier alpha value is -3.85. The van der Waals surface area contributed by atoms with Gasteiger partial charge in [-0.25, -0.2) is 9.64 Å². The van der Waals surface area contributed by atoms with Crippen molar-refractivity contribution >= 4 is 23.3 Å². The lowest BCUT2D eigenvalue weighted by Gasteiger charge is -2.12. The van der Waals surface area contributed by atoms with Crippen molar-refractivity contribution in [2.24, 2.45) is 7.05 Å². The summed E-state index contributed by atoms with van der Waals surface area (Å²) in [5.41, 5.74) is 5.55. The summed E-state index contributed by atoms with van der Waals surface area (Å²) in [5.74, 6) is -0.578. The molecule has 1 aromatic heterocycles. The fourth-order valence-electron chi connectivity index (χ4n) is 3.80. The van der Waals surface area contributed by atoms with E-state index in [1.54, 1.807) is 18.5 Å². The first-order valence-corrected chi connectivity index (χ1v) is 10.2. The van der Waals surface area contributed by atoms with E-state index in [0.29, 0.717) is 23.4 Å². The monoisotopic (exact) mass is 415 g/mol. The molecule has 0 spiro atoms. The SMILES string of the molecule is [C-]#[N+]c1c(-c2ccc(-c3ccccc3NC(C)=O)cc2)c(C(=O)OCC)n(C)c1CC. The highest BCUT2D eigenvalue weighted by Crippen LogP contribution is 2.40. The van der Waals surface area contributed by atoms with Crippen molar-refractivity contribution in [3.63, 3.8) is 0 Å². The van der Waals surface area contributed by atoms with Crippen molar-refractivity contribution in [1.29, 1.82) is 0 Å². The number of nitrogens with zero attached hydrogens (tertiary/aromatic N) is 2. The molecular formula is C25H25N3O3. The predicted octanol–water partition coefficient (Wildman–Crippen LogP) is 5.61. The average molecular weight is 415 g/mol. The highest BCUT2D eigenvalue weighted by atomic mass is 16.5. The van der Waals surface area contributed by atoms with Crippen molar-refractivity contribution in [2.75, 3.05) is 11.9 Å². The Labute approximate surface area is 182 Å². The number of nitrogens with one attached hydrogen (secondary N) is 1. The van der Waals surface area contributed by atoms with Gasteiger partial charge in [0.25, 0.3) is 0 Å². The maximum atomic E-state index is 12.7. The van der Waals surface area contributed by atoms with Crippen LogP contribution in [0.3, 0.4) is 0 Å². The quantitative estimate of drug-likeness (QED) is 0.420. The zero-order valence-electron chi connectivity index (χ0n) is 18.2. The highest BCUT2D eigenvalue weighted by Gasteiger charge is 2.26. The van der Waals surface area contributed by atoms with Crippen LogP contribution in [0.4, 0.5) is 11.4 Å². The molecule has 6 nitrogen and oxygen atoms in total. The van der Waals surface area contributed by atoms with Crippen LogP contribution in [0.5, 0.6) is 0 Å². The third-order valence-electron chi connectivity index (χ3n) is 5.13. The van der Waals surface area contributed by atoms with E-state index in [9.17, 15) is 9.59 Å². The summed E-state index contributed by atoms with van der Waals surface area (Å²) in [6.07, 6.45) is 0.628. The first-order chi connectivity index (χ1) is 14.9. The van der Waals surface area contributed by atoms with Gasteiger partial charge < -0.3 is 14.6 Å². The fourth-order valence-corrected chi connectivity index (χ4v) is 3.80. The molecule has 0 aliphatic carbocycles. The third kappa shape index (κ3) is 4.22. The van der Waals surface area contributed by atoms with Gasteiger partial charge in [0, 0.05) is 36.5 Å². The van der Waals surface area contributed by atoms with Gasteiger partial charge in [-0.3, -0.25) is 4.79 Å². The minimum atomic E-state index is -0.440. The third-order valence-corrected chi connectivity index (χ3v) is 5.13. The maximum absolute atomic E-state index is 12.7. The Morgan fingerprint density at radius 3 is 2.29 bits per heavy atom. The van der Waals surface area contributed by atoms with Gasteiger partial charge >= 0.3 is 5.97 Å². The molecule has 0 fully saturated rings. The van der Waals surface area contributed by atoms with Crippen LogP contribution < -0.4 is 5.32 Å². The van der Waals surface area contributed by atoms with E-state index in [4.69, 9.17) is 11.3 Å². The molecule has 1 heterocycles. The van der Waals surface area contributed by atoms with Crippen molar-refractivity contribution in [3.8, 4) is 22.3 Å². The standard InChI is InChI=1S/C25H25N3O3/c1-6-21-23(26-4)22(24(28(21)5)25(30)31-7-2)18-14-12-17(13-15-18)19-10-8-9-11-20(19)27-16(3)29/h8-15H,6-7H2,1-3,5H3,(H,27,29). The van der Waals surface area contributed by atoms with E-state index in [0.717, 1.165) is 28.1 Å². The Morgan fingerprint density at radius 2 is 1.71 bits per heavy atom. The van der Waals surface area contributed by atoms with Crippen LogP contribution in [0.25, 0.3) is 27.1 Å². The first kappa shape index (κ1) is 21.8. The molecule has 3 aromatic rings. The number of esters is 1. The summed E-state index contributed by atoms with van der Waals surface area (Å²) in [5, 5.41) is 2.85. The number of anilines is 1. The summed E-state index contributed by atoms with van der Waals surface area (Å²) in [7, 11) is 1.79. The van der Waals surface area contributed by atoms with Crippen LogP contribution in [0.1, 0.15) is 37.0 Å². The molecule has 0 radical (unpaired) electrons. The molecule has 1 N–H and O–H groups in total. The molecule has 0 unspecified atom stereocenters. The van der Waals surface area contributed by atoms with Crippen LogP contribution in [-0.4, -0.2) is 23.1 Å². The second-order valence-electron chi connectivity index (χ2n) is 7.07. The van der Waals surface area contributed by atoms with Crippen molar-refractivity contribution in [3.05, 3.63) is 71.3 Å². The zero-order chi connectivity index (χ0) is 22.5. The topological polar surface area (TPSA) is 64.7 Å². The Morgan fingerprint density at radius 1 is 1.06 bits per heavy atom. The minimum Gasteiger partial charge on any atom is -0.461 e. The lowest BCUT2D eigenvalue weighted by molar-refractivity contribution is -0.114. The van der Waals surface area contributed by atoms with Gasteiger partial charge in [0.2, 0.25) is 11.6 Å². The molecule has 31 heavy (non-hydrogen) atoms. The summed E-state index contributed by atoms with van der Waals surface area (Å²) >= 11 is 0. The molecule has 1 amide bonds. The molecule has 6 heteroatoms. The molecule has 0 aliphatic rings. The van der Waals surface area contributed by atoms with Gasteiger partial charge in [-0.1, -0.05) is 49.4 Å². The summed E-state index contributed by atoms with van der Waals surface area (Å²) in [6.45, 7) is 13.2. The second kappa shape index (κ2) is 9.31. The fraction of sp³-hybridized carbons (Fsp3) is 0.240. The molecule has 158 valence electrons. The number of ether oxygens (including phenoxy) is 1. The Balaban J connectivity index is 2.13. The molecular weight excluding hydrogens is 390 g/mol. The number of hydrogen-bond donors (Lipinski definition) is 1. The van der Waals surface area contributed by atoms with Crippen LogP contribution in [0, 0.1) is 6.57 Å². The number of amides is 1. The van der Waals surface area contributed by atoms with E-state index < -0.39 is 5.97 Å². The van der Waals surface area contributed by atoms with Crippen molar-refractivity contribution in [1.82, 2.24) is 4.57 Å². The first-order valence-electron chi connectivity index (χ1n) is 10.2. The lowest BCUT2D eigenvalue weighted by Crippen LogP contribution is -2.12. The molecule has 3 rings (SSSR count). The molecule has 0 saturated heterocycles.